The molecule has 0 bridgehead atoms. The largest absolute Gasteiger partial charge is 0.322 e. The molecule has 0 saturated heterocycles. The zero-order valence-corrected chi connectivity index (χ0v) is 22.5. The van der Waals surface area contributed by atoms with E-state index in [4.69, 9.17) is 23.2 Å². The first-order valence-corrected chi connectivity index (χ1v) is 13.4. The number of amides is 3. The first-order valence-electron chi connectivity index (χ1n) is 12.6. The number of halogens is 2. The predicted octanol–water partition coefficient (Wildman–Crippen LogP) is 7.55. The van der Waals surface area contributed by atoms with Crippen LogP contribution in [-0.2, 0) is 4.79 Å². The van der Waals surface area contributed by atoms with Crippen molar-refractivity contribution in [1.29, 1.82) is 0 Å². The summed E-state index contributed by atoms with van der Waals surface area (Å²) in [7, 11) is 0. The predicted molar refractivity (Wildman–Crippen MR) is 154 cm³/mol. The van der Waals surface area contributed by atoms with Gasteiger partial charge >= 0.3 is 6.03 Å². The third-order valence-electron chi connectivity index (χ3n) is 6.66. The van der Waals surface area contributed by atoms with Gasteiger partial charge in [0.1, 0.15) is 12.6 Å². The molecule has 2 heterocycles. The van der Waals surface area contributed by atoms with Gasteiger partial charge in [-0.15, -0.1) is 0 Å². The Hall–Kier alpha value is -3.74. The number of anilines is 2. The van der Waals surface area contributed by atoms with E-state index >= 15 is 0 Å². The number of rotatable bonds is 7. The molecule has 4 aromatic rings. The Kier molecular flexibility index (Phi) is 7.72. The number of para-hydroxylation sites is 2. The molecule has 38 heavy (non-hydrogen) atoms. The molecule has 1 unspecified atom stereocenters. The Morgan fingerprint density at radius 3 is 2.21 bits per heavy atom. The van der Waals surface area contributed by atoms with Crippen LogP contribution in [0.4, 0.5) is 16.2 Å². The van der Waals surface area contributed by atoms with E-state index in [0.717, 1.165) is 35.5 Å². The molecule has 1 N–H and O–H groups in total. The Labute approximate surface area is 232 Å². The minimum atomic E-state index is -0.378. The number of hydrogen-bond donors (Lipinski definition) is 1. The van der Waals surface area contributed by atoms with E-state index in [1.807, 2.05) is 71.8 Å². The van der Waals surface area contributed by atoms with E-state index in [2.05, 4.69) is 16.8 Å². The number of nitrogens with zero attached hydrogens (tertiary/aromatic N) is 3. The monoisotopic (exact) mass is 546 g/mol. The Morgan fingerprint density at radius 1 is 0.868 bits per heavy atom. The second-order valence-electron chi connectivity index (χ2n) is 9.22. The molecule has 3 aromatic carbocycles. The summed E-state index contributed by atoms with van der Waals surface area (Å²) in [4.78, 5) is 30.9. The molecule has 1 aliphatic rings. The molecule has 6 nitrogen and oxygen atoms in total. The number of unbranched alkanes of at least 4 members (excludes halogenated alkanes) is 1. The van der Waals surface area contributed by atoms with Crippen LogP contribution < -0.4 is 10.2 Å². The lowest BCUT2D eigenvalue weighted by Gasteiger charge is -2.39. The van der Waals surface area contributed by atoms with Gasteiger partial charge in [-0.1, -0.05) is 60.8 Å². The van der Waals surface area contributed by atoms with Crippen LogP contribution in [-0.4, -0.2) is 34.5 Å². The summed E-state index contributed by atoms with van der Waals surface area (Å²) in [5.74, 6) is -0.174. The van der Waals surface area contributed by atoms with E-state index < -0.39 is 0 Å². The summed E-state index contributed by atoms with van der Waals surface area (Å²) in [6, 6.07) is 25.6. The van der Waals surface area contributed by atoms with Crippen LogP contribution in [0.5, 0.6) is 0 Å². The second-order valence-corrected chi connectivity index (χ2v) is 10.1. The topological polar surface area (TPSA) is 57.6 Å². The molecule has 0 radical (unpaired) electrons. The number of hydrogen-bond acceptors (Lipinski definition) is 2. The van der Waals surface area contributed by atoms with Gasteiger partial charge in [0.25, 0.3) is 0 Å². The van der Waals surface area contributed by atoms with Gasteiger partial charge in [0.2, 0.25) is 5.91 Å². The van der Waals surface area contributed by atoms with Crippen molar-refractivity contribution in [2.24, 2.45) is 0 Å². The highest BCUT2D eigenvalue weighted by Crippen LogP contribution is 2.42. The fourth-order valence-corrected chi connectivity index (χ4v) is 5.05. The molecular formula is C30H28Cl2N4O2. The van der Waals surface area contributed by atoms with Crippen molar-refractivity contribution in [2.75, 3.05) is 23.3 Å². The lowest BCUT2D eigenvalue weighted by molar-refractivity contribution is -0.119. The molecule has 0 aliphatic carbocycles. The molecular weight excluding hydrogens is 519 g/mol. The molecule has 8 heteroatoms. The molecule has 0 spiro atoms. The zero-order valence-electron chi connectivity index (χ0n) is 21.0. The fraction of sp³-hybridized carbons (Fsp3) is 0.200. The minimum Gasteiger partial charge on any atom is -0.316 e. The van der Waals surface area contributed by atoms with Crippen molar-refractivity contribution in [3.05, 3.63) is 112 Å². The van der Waals surface area contributed by atoms with Crippen molar-refractivity contribution in [2.45, 2.75) is 25.8 Å². The van der Waals surface area contributed by atoms with Crippen molar-refractivity contribution in [3.63, 3.8) is 0 Å². The van der Waals surface area contributed by atoms with E-state index in [9.17, 15) is 9.59 Å². The van der Waals surface area contributed by atoms with Crippen molar-refractivity contribution < 1.29 is 9.59 Å². The van der Waals surface area contributed by atoms with Gasteiger partial charge in [-0.3, -0.25) is 9.69 Å². The summed E-state index contributed by atoms with van der Waals surface area (Å²) >= 11 is 12.2. The maximum atomic E-state index is 14.2. The number of nitrogens with one attached hydrogen (secondary N) is 1. The third kappa shape index (κ3) is 5.28. The molecule has 194 valence electrons. The first-order chi connectivity index (χ1) is 18.5. The van der Waals surface area contributed by atoms with Crippen LogP contribution >= 0.6 is 23.2 Å². The van der Waals surface area contributed by atoms with Gasteiger partial charge in [-0.25, -0.2) is 4.79 Å². The quantitative estimate of drug-likeness (QED) is 0.260. The maximum absolute atomic E-state index is 14.2. The summed E-state index contributed by atoms with van der Waals surface area (Å²) < 4.78 is 2.11. The highest BCUT2D eigenvalue weighted by molar-refractivity contribution is 6.30. The number of aromatic nitrogens is 1. The number of fused-ring (bicyclic) bond motifs is 3. The molecule has 1 aliphatic heterocycles. The molecule has 1 aromatic heterocycles. The van der Waals surface area contributed by atoms with Crippen molar-refractivity contribution >= 4 is 46.5 Å². The number of urea groups is 1. The highest BCUT2D eigenvalue weighted by Gasteiger charge is 2.36. The number of carbonyl (C=O) groups excluding carboxylic acids is 2. The average molecular weight is 547 g/mol. The average Bonchev–Trinajstić information content (AvgIpc) is 3.42. The van der Waals surface area contributed by atoms with Gasteiger partial charge < -0.3 is 14.8 Å². The number of carbonyl (C=O) groups is 2. The van der Waals surface area contributed by atoms with E-state index in [1.54, 1.807) is 29.2 Å². The summed E-state index contributed by atoms with van der Waals surface area (Å²) in [5, 5.41) is 4.12. The normalized spacial score (nSPS) is 14.0. The Bertz CT molecular complexity index is 1430. The first kappa shape index (κ1) is 25.9. The van der Waals surface area contributed by atoms with Crippen LogP contribution in [0, 0.1) is 0 Å². The van der Waals surface area contributed by atoms with Gasteiger partial charge in [0.15, 0.2) is 0 Å². The smallest absolute Gasteiger partial charge is 0.316 e. The van der Waals surface area contributed by atoms with Gasteiger partial charge in [0, 0.05) is 28.5 Å². The maximum Gasteiger partial charge on any atom is 0.322 e. The van der Waals surface area contributed by atoms with Gasteiger partial charge in [0.05, 0.1) is 17.1 Å². The van der Waals surface area contributed by atoms with Crippen LogP contribution in [0.2, 0.25) is 10.0 Å². The van der Waals surface area contributed by atoms with Crippen LogP contribution in [0.1, 0.15) is 37.1 Å². The second kappa shape index (κ2) is 11.3. The van der Waals surface area contributed by atoms with E-state index in [-0.39, 0.29) is 24.5 Å². The van der Waals surface area contributed by atoms with Gasteiger partial charge in [-0.2, -0.15) is 0 Å². The summed E-state index contributed by atoms with van der Waals surface area (Å²) in [6.07, 6.45) is 3.68. The fourth-order valence-electron chi connectivity index (χ4n) is 4.80. The lowest BCUT2D eigenvalue weighted by atomic mass is 9.97. The molecule has 3 amide bonds. The zero-order chi connectivity index (χ0) is 26.6. The van der Waals surface area contributed by atoms with Crippen LogP contribution in [0.15, 0.2) is 91.1 Å². The molecule has 5 rings (SSSR count). The van der Waals surface area contributed by atoms with Crippen molar-refractivity contribution in [1.82, 2.24) is 9.47 Å². The van der Waals surface area contributed by atoms with E-state index in [1.165, 1.54) is 0 Å². The summed E-state index contributed by atoms with van der Waals surface area (Å²) in [6.45, 7) is 2.44. The van der Waals surface area contributed by atoms with Crippen LogP contribution in [0.3, 0.4) is 0 Å². The molecule has 0 fully saturated rings. The SMILES string of the molecule is CCCCN(CC(=O)N1c2ccccc2-n2cccc2C1c1ccc(Cl)cc1)C(=O)Nc1ccc(Cl)cc1. The lowest BCUT2D eigenvalue weighted by Crippen LogP contribution is -2.48. The van der Waals surface area contributed by atoms with E-state index in [0.29, 0.717) is 22.3 Å². The number of benzene rings is 3. The Balaban J connectivity index is 1.49. The molecule has 1 atom stereocenters. The van der Waals surface area contributed by atoms with Crippen LogP contribution in [0.25, 0.3) is 5.69 Å². The van der Waals surface area contributed by atoms with Crippen molar-refractivity contribution in [3.8, 4) is 5.69 Å². The van der Waals surface area contributed by atoms with Gasteiger partial charge in [-0.05, 0) is 72.6 Å². The third-order valence-corrected chi connectivity index (χ3v) is 7.17. The minimum absolute atomic E-state index is 0.0709. The highest BCUT2D eigenvalue weighted by atomic mass is 35.5. The molecule has 0 saturated carbocycles. The standard InChI is InChI=1S/C30H28Cl2N4O2/c1-2-3-18-34(30(38)33-24-16-14-23(32)15-17-24)20-28(37)36-26-8-5-4-7-25(26)35-19-6-9-27(35)29(36)21-10-12-22(31)13-11-21/h4-17,19,29H,2-3,18,20H2,1H3,(H,33,38). The Morgan fingerprint density at radius 2 is 1.53 bits per heavy atom. The summed E-state index contributed by atoms with van der Waals surface area (Å²) in [5.41, 5.74) is 4.22.